The molecule has 0 aromatic heterocycles. The van der Waals surface area contributed by atoms with Crippen molar-refractivity contribution in [1.82, 2.24) is 0 Å². The van der Waals surface area contributed by atoms with Crippen LogP contribution >= 0.6 is 0 Å². The maximum absolute atomic E-state index is 12.0. The van der Waals surface area contributed by atoms with Gasteiger partial charge >= 0.3 is 6.18 Å². The summed E-state index contributed by atoms with van der Waals surface area (Å²) in [6.07, 6.45) is -0.516. The van der Waals surface area contributed by atoms with Gasteiger partial charge in [-0.05, 0) is 24.6 Å². The first-order valence-electron chi connectivity index (χ1n) is 3.25. The van der Waals surface area contributed by atoms with Gasteiger partial charge in [-0.3, -0.25) is 0 Å². The van der Waals surface area contributed by atoms with Gasteiger partial charge in [0.05, 0.1) is 0 Å². The maximum Gasteiger partial charge on any atom is 0.440 e. The smallest absolute Gasteiger partial charge is 0.243 e. The molecule has 0 unspecified atom stereocenters. The molecule has 0 spiro atoms. The highest BCUT2D eigenvalue weighted by molar-refractivity contribution is 5.79. The Labute approximate surface area is 67.6 Å². The van der Waals surface area contributed by atoms with E-state index in [-0.39, 0.29) is 0 Å². The summed E-state index contributed by atoms with van der Waals surface area (Å²) in [6, 6.07) is 0. The molecular formula is C8H6F3N. The van der Waals surface area contributed by atoms with Crippen LogP contribution in [0.2, 0.25) is 0 Å². The lowest BCUT2D eigenvalue weighted by atomic mass is 10.3. The van der Waals surface area contributed by atoms with E-state index in [2.05, 4.69) is 4.99 Å². The quantitative estimate of drug-likeness (QED) is 0.499. The summed E-state index contributed by atoms with van der Waals surface area (Å²) < 4.78 is 36.0. The molecule has 0 N–H and O–H groups in total. The largest absolute Gasteiger partial charge is 0.440 e. The summed E-state index contributed by atoms with van der Waals surface area (Å²) in [5, 5.41) is 0. The summed E-state index contributed by atoms with van der Waals surface area (Å²) in [5.74, 6) is 0. The molecule has 1 aliphatic heterocycles. The molecule has 1 nitrogen and oxygen atoms in total. The lowest BCUT2D eigenvalue weighted by Crippen LogP contribution is -2.09. The second kappa shape index (κ2) is 2.99. The molecule has 1 heterocycles. The van der Waals surface area contributed by atoms with Crippen LogP contribution in [-0.2, 0) is 0 Å². The highest BCUT2D eigenvalue weighted by Crippen LogP contribution is 2.25. The van der Waals surface area contributed by atoms with Gasteiger partial charge < -0.3 is 0 Å². The van der Waals surface area contributed by atoms with Crippen molar-refractivity contribution in [3.63, 3.8) is 0 Å². The van der Waals surface area contributed by atoms with E-state index < -0.39 is 11.9 Å². The van der Waals surface area contributed by atoms with Crippen LogP contribution in [0.15, 0.2) is 34.1 Å². The number of allylic oxidation sites excluding steroid dienone is 3. The van der Waals surface area contributed by atoms with Crippen molar-refractivity contribution in [1.29, 1.82) is 0 Å². The number of hydrogen-bond acceptors (Lipinski definition) is 1. The molecular weight excluding hydrogens is 167 g/mol. The third-order valence-corrected chi connectivity index (χ3v) is 1.23. The van der Waals surface area contributed by atoms with Gasteiger partial charge in [-0.1, -0.05) is 5.73 Å². The molecule has 0 saturated heterocycles. The number of rotatable bonds is 0. The van der Waals surface area contributed by atoms with Gasteiger partial charge in [0.1, 0.15) is 0 Å². The fraction of sp³-hybridized carbons (Fsp3) is 0.250. The first-order chi connectivity index (χ1) is 5.50. The second-order valence-electron chi connectivity index (χ2n) is 2.33. The van der Waals surface area contributed by atoms with E-state index in [0.29, 0.717) is 5.57 Å². The minimum Gasteiger partial charge on any atom is -0.243 e. The normalized spacial score (nSPS) is 17.0. The molecule has 64 valence electrons. The highest BCUT2D eigenvalue weighted by atomic mass is 19.4. The van der Waals surface area contributed by atoms with Crippen molar-refractivity contribution in [2.24, 2.45) is 4.99 Å². The fourth-order valence-corrected chi connectivity index (χ4v) is 0.654. The molecule has 0 bridgehead atoms. The highest BCUT2D eigenvalue weighted by Gasteiger charge is 2.33. The molecule has 0 fully saturated rings. The van der Waals surface area contributed by atoms with E-state index in [1.807, 2.05) is 5.73 Å². The predicted molar refractivity (Wildman–Crippen MR) is 39.9 cm³/mol. The van der Waals surface area contributed by atoms with Crippen LogP contribution in [0.1, 0.15) is 6.92 Å². The monoisotopic (exact) mass is 173 g/mol. The van der Waals surface area contributed by atoms with Crippen molar-refractivity contribution < 1.29 is 13.2 Å². The number of nitrogens with zero attached hydrogens (tertiary/aromatic N) is 1. The zero-order valence-corrected chi connectivity index (χ0v) is 6.31. The molecule has 0 atom stereocenters. The lowest BCUT2D eigenvalue weighted by molar-refractivity contribution is -0.0920. The Kier molecular flexibility index (Phi) is 2.20. The molecule has 0 amide bonds. The third kappa shape index (κ3) is 2.10. The number of halogens is 3. The van der Waals surface area contributed by atoms with Gasteiger partial charge in [-0.25, -0.2) is 4.99 Å². The van der Waals surface area contributed by atoms with Crippen LogP contribution in [0.25, 0.3) is 0 Å². The zero-order valence-electron chi connectivity index (χ0n) is 6.31. The van der Waals surface area contributed by atoms with Crippen molar-refractivity contribution in [3.8, 4) is 0 Å². The van der Waals surface area contributed by atoms with E-state index in [4.69, 9.17) is 0 Å². The minimum absolute atomic E-state index is 0.668. The Hall–Kier alpha value is -1.28. The topological polar surface area (TPSA) is 12.4 Å². The maximum atomic E-state index is 12.0. The van der Waals surface area contributed by atoms with Crippen molar-refractivity contribution in [2.75, 3.05) is 0 Å². The molecule has 4 heteroatoms. The summed E-state index contributed by atoms with van der Waals surface area (Å²) in [5.41, 5.74) is 1.72. The summed E-state index contributed by atoms with van der Waals surface area (Å²) in [7, 11) is 0. The van der Waals surface area contributed by atoms with Crippen LogP contribution in [-0.4, -0.2) is 12.4 Å². The van der Waals surface area contributed by atoms with Crippen LogP contribution < -0.4 is 0 Å². The van der Waals surface area contributed by atoms with Crippen LogP contribution in [0, 0.1) is 0 Å². The van der Waals surface area contributed by atoms with Gasteiger partial charge in [0.15, 0.2) is 5.70 Å². The molecule has 0 aliphatic carbocycles. The van der Waals surface area contributed by atoms with Gasteiger partial charge in [-0.2, -0.15) is 13.2 Å². The number of alkyl halides is 3. The van der Waals surface area contributed by atoms with Crippen molar-refractivity contribution in [2.45, 2.75) is 13.1 Å². The molecule has 0 aromatic carbocycles. The van der Waals surface area contributed by atoms with Gasteiger partial charge in [-0.15, -0.1) is 0 Å². The summed E-state index contributed by atoms with van der Waals surface area (Å²) in [6.45, 7) is 1.67. The Balaban J connectivity index is 3.00. The van der Waals surface area contributed by atoms with E-state index in [0.717, 1.165) is 0 Å². The molecule has 1 rings (SSSR count). The molecule has 1 aliphatic rings. The van der Waals surface area contributed by atoms with Gasteiger partial charge in [0.25, 0.3) is 0 Å². The Bertz CT molecular complexity index is 301. The van der Waals surface area contributed by atoms with Crippen molar-refractivity contribution in [3.05, 3.63) is 29.2 Å². The number of aliphatic imine (C=N–C) groups is 1. The summed E-state index contributed by atoms with van der Waals surface area (Å²) in [4.78, 5) is 3.23. The molecule has 12 heavy (non-hydrogen) atoms. The van der Waals surface area contributed by atoms with Crippen molar-refractivity contribution >= 4 is 6.21 Å². The van der Waals surface area contributed by atoms with Crippen LogP contribution in [0.5, 0.6) is 0 Å². The summed E-state index contributed by atoms with van der Waals surface area (Å²) >= 11 is 0. The molecule has 0 radical (unpaired) electrons. The first kappa shape index (κ1) is 8.81. The Morgan fingerprint density at radius 1 is 1.42 bits per heavy atom. The van der Waals surface area contributed by atoms with Gasteiger partial charge in [0, 0.05) is 6.21 Å². The predicted octanol–water partition coefficient (Wildman–Crippen LogP) is 2.62. The standard InChI is InChI=1S/C8H6F3N/c1-6-3-2-4-7(12-5-6)8(9,10)11/h2-3,5H,1H3. The zero-order chi connectivity index (χ0) is 9.19. The Morgan fingerprint density at radius 2 is 2.08 bits per heavy atom. The van der Waals surface area contributed by atoms with E-state index >= 15 is 0 Å². The van der Waals surface area contributed by atoms with Crippen LogP contribution in [0.3, 0.4) is 0 Å². The average Bonchev–Trinajstić information content (AvgIpc) is 2.11. The Morgan fingerprint density at radius 3 is 2.67 bits per heavy atom. The van der Waals surface area contributed by atoms with Crippen LogP contribution in [0.4, 0.5) is 13.2 Å². The van der Waals surface area contributed by atoms with E-state index in [1.54, 1.807) is 6.92 Å². The molecule has 0 aromatic rings. The number of hydrogen-bond donors (Lipinski definition) is 0. The average molecular weight is 173 g/mol. The third-order valence-electron chi connectivity index (χ3n) is 1.23. The molecule has 0 saturated carbocycles. The lowest BCUT2D eigenvalue weighted by Gasteiger charge is -2.02. The van der Waals surface area contributed by atoms with E-state index in [9.17, 15) is 13.2 Å². The van der Waals surface area contributed by atoms with Gasteiger partial charge in [0.2, 0.25) is 0 Å². The first-order valence-corrected chi connectivity index (χ1v) is 3.25. The van der Waals surface area contributed by atoms with E-state index in [1.165, 1.54) is 18.4 Å². The second-order valence-corrected chi connectivity index (χ2v) is 2.33. The SMILES string of the molecule is CC1=CC=C=C(C(F)(F)F)N=C1. The minimum atomic E-state index is -4.41. The fourth-order valence-electron chi connectivity index (χ4n) is 0.654.